The van der Waals surface area contributed by atoms with Crippen LogP contribution in [0.2, 0.25) is 10.3 Å². The Morgan fingerprint density at radius 2 is 2.20 bits per heavy atom. The Labute approximate surface area is 128 Å². The number of carbonyl (C=O) groups is 2. The first kappa shape index (κ1) is 15.3. The molecule has 0 N–H and O–H groups in total. The molecule has 1 atom stereocenters. The minimum absolute atomic E-state index is 0.0231. The van der Waals surface area contributed by atoms with E-state index in [9.17, 15) is 9.59 Å². The Hall–Kier alpha value is -1.13. The van der Waals surface area contributed by atoms with Crippen LogP contribution in [0.4, 0.5) is 5.69 Å². The number of ketones is 1. The largest absolute Gasteiger partial charge is 0.315 e. The Bertz CT molecular complexity index is 560. The minimum atomic E-state index is 0.0231. The second-order valence-corrected chi connectivity index (χ2v) is 5.84. The molecule has 0 spiro atoms. The first-order valence-corrected chi connectivity index (χ1v) is 7.27. The monoisotopic (exact) mass is 314 g/mol. The molecule has 6 heteroatoms. The first-order chi connectivity index (χ1) is 9.40. The number of halogens is 2. The molecule has 108 valence electrons. The maximum atomic E-state index is 12.0. The molecular formula is C14H16Cl2N2O2. The van der Waals surface area contributed by atoms with E-state index < -0.39 is 0 Å². The summed E-state index contributed by atoms with van der Waals surface area (Å²) < 4.78 is 0. The van der Waals surface area contributed by atoms with Gasteiger partial charge in [-0.1, -0.05) is 23.2 Å². The molecule has 1 amide bonds. The number of pyridine rings is 1. The van der Waals surface area contributed by atoms with Gasteiger partial charge in [-0.25, -0.2) is 4.98 Å². The lowest BCUT2D eigenvalue weighted by atomic mass is 9.90. The number of carbonyl (C=O) groups excluding carboxylic acids is 2. The minimum Gasteiger partial charge on any atom is -0.315 e. The summed E-state index contributed by atoms with van der Waals surface area (Å²) in [5.74, 6) is 0.212. The third-order valence-electron chi connectivity index (χ3n) is 3.65. The standard InChI is InChI=1S/C14H16Cl2N2O2/c1-8(19)3-4-9-5-6-12(20)18(2)10-7-11(15)17-14(16)13(9)10/h7,9H,3-6H2,1-2H3. The summed E-state index contributed by atoms with van der Waals surface area (Å²) in [5, 5.41) is 0.586. The maximum Gasteiger partial charge on any atom is 0.226 e. The number of aromatic nitrogens is 1. The zero-order valence-electron chi connectivity index (χ0n) is 11.4. The van der Waals surface area contributed by atoms with Gasteiger partial charge in [-0.3, -0.25) is 4.79 Å². The van der Waals surface area contributed by atoms with Crippen molar-refractivity contribution in [1.29, 1.82) is 0 Å². The third kappa shape index (κ3) is 3.13. The van der Waals surface area contributed by atoms with Crippen molar-refractivity contribution < 1.29 is 9.59 Å². The number of nitrogens with zero attached hydrogens (tertiary/aromatic N) is 2. The molecule has 4 nitrogen and oxygen atoms in total. The second kappa shape index (κ2) is 6.10. The SMILES string of the molecule is CC(=O)CCC1CCC(=O)N(C)c2cc(Cl)nc(Cl)c21. The average Bonchev–Trinajstić information content (AvgIpc) is 2.48. The van der Waals surface area contributed by atoms with Crippen molar-refractivity contribution >= 4 is 40.6 Å². The van der Waals surface area contributed by atoms with E-state index in [0.717, 1.165) is 5.56 Å². The highest BCUT2D eigenvalue weighted by Crippen LogP contribution is 2.41. The molecule has 1 aromatic rings. The van der Waals surface area contributed by atoms with Crippen molar-refractivity contribution in [3.63, 3.8) is 0 Å². The van der Waals surface area contributed by atoms with E-state index in [2.05, 4.69) is 4.98 Å². The third-order valence-corrected chi connectivity index (χ3v) is 4.14. The molecular weight excluding hydrogens is 299 g/mol. The van der Waals surface area contributed by atoms with Crippen LogP contribution < -0.4 is 4.90 Å². The molecule has 0 radical (unpaired) electrons. The first-order valence-electron chi connectivity index (χ1n) is 6.52. The fourth-order valence-corrected chi connectivity index (χ4v) is 3.12. The molecule has 0 aromatic carbocycles. The van der Waals surface area contributed by atoms with Crippen LogP contribution in [0.3, 0.4) is 0 Å². The van der Waals surface area contributed by atoms with E-state index in [4.69, 9.17) is 23.2 Å². The zero-order valence-corrected chi connectivity index (χ0v) is 13.0. The van der Waals surface area contributed by atoms with E-state index in [-0.39, 0.29) is 22.8 Å². The maximum absolute atomic E-state index is 12.0. The van der Waals surface area contributed by atoms with Crippen molar-refractivity contribution in [2.24, 2.45) is 0 Å². The summed E-state index contributed by atoms with van der Waals surface area (Å²) in [6, 6.07) is 1.66. The Kier molecular flexibility index (Phi) is 4.66. The number of Topliss-reactive ketones (excluding diaryl/α,β-unsaturated/α-hetero) is 1. The van der Waals surface area contributed by atoms with Crippen LogP contribution in [-0.2, 0) is 9.59 Å². The Morgan fingerprint density at radius 3 is 2.85 bits per heavy atom. The fourth-order valence-electron chi connectivity index (χ4n) is 2.55. The molecule has 20 heavy (non-hydrogen) atoms. The summed E-state index contributed by atoms with van der Waals surface area (Å²) in [6.07, 6.45) is 2.25. The van der Waals surface area contributed by atoms with Crippen LogP contribution in [0.1, 0.15) is 44.1 Å². The van der Waals surface area contributed by atoms with E-state index in [1.165, 1.54) is 0 Å². The number of hydrogen-bond acceptors (Lipinski definition) is 3. The number of rotatable bonds is 3. The van der Waals surface area contributed by atoms with Gasteiger partial charge in [0.1, 0.15) is 16.1 Å². The lowest BCUT2D eigenvalue weighted by Crippen LogP contribution is -2.25. The van der Waals surface area contributed by atoms with Gasteiger partial charge in [0.15, 0.2) is 0 Å². The van der Waals surface area contributed by atoms with Gasteiger partial charge in [0.05, 0.1) is 5.69 Å². The van der Waals surface area contributed by atoms with Crippen LogP contribution >= 0.6 is 23.2 Å². The van der Waals surface area contributed by atoms with Gasteiger partial charge in [0.2, 0.25) is 5.91 Å². The van der Waals surface area contributed by atoms with Gasteiger partial charge in [0.25, 0.3) is 0 Å². The van der Waals surface area contributed by atoms with E-state index in [1.807, 2.05) is 0 Å². The quantitative estimate of drug-likeness (QED) is 0.801. The summed E-state index contributed by atoms with van der Waals surface area (Å²) in [5.41, 5.74) is 1.52. The van der Waals surface area contributed by atoms with Gasteiger partial charge in [-0.15, -0.1) is 0 Å². The Morgan fingerprint density at radius 1 is 1.50 bits per heavy atom. The summed E-state index contributed by atoms with van der Waals surface area (Å²) in [7, 11) is 1.71. The highest BCUT2D eigenvalue weighted by Gasteiger charge is 2.29. The molecule has 2 rings (SSSR count). The number of hydrogen-bond donors (Lipinski definition) is 0. The zero-order chi connectivity index (χ0) is 14.9. The Balaban J connectivity index is 2.46. The van der Waals surface area contributed by atoms with Crippen molar-refractivity contribution in [3.05, 3.63) is 21.9 Å². The highest BCUT2D eigenvalue weighted by molar-refractivity contribution is 6.33. The van der Waals surface area contributed by atoms with E-state index in [0.29, 0.717) is 36.5 Å². The van der Waals surface area contributed by atoms with Crippen LogP contribution in [-0.4, -0.2) is 23.7 Å². The predicted molar refractivity (Wildman–Crippen MR) is 79.6 cm³/mol. The predicted octanol–water partition coefficient (Wildman–Crippen LogP) is 3.60. The van der Waals surface area contributed by atoms with Crippen LogP contribution in [0.25, 0.3) is 0 Å². The van der Waals surface area contributed by atoms with Crippen LogP contribution in [0, 0.1) is 0 Å². The number of amides is 1. The van der Waals surface area contributed by atoms with E-state index >= 15 is 0 Å². The summed E-state index contributed by atoms with van der Waals surface area (Å²) >= 11 is 12.2. The van der Waals surface area contributed by atoms with Gasteiger partial charge in [-0.2, -0.15) is 0 Å². The van der Waals surface area contributed by atoms with Crippen molar-refractivity contribution in [2.75, 3.05) is 11.9 Å². The molecule has 0 bridgehead atoms. The number of anilines is 1. The van der Waals surface area contributed by atoms with Crippen molar-refractivity contribution in [2.45, 2.75) is 38.5 Å². The van der Waals surface area contributed by atoms with Crippen LogP contribution in [0.15, 0.2) is 6.07 Å². The molecule has 1 unspecified atom stereocenters. The molecule has 1 aromatic heterocycles. The molecule has 2 heterocycles. The van der Waals surface area contributed by atoms with Gasteiger partial charge in [0, 0.05) is 25.5 Å². The second-order valence-electron chi connectivity index (χ2n) is 5.10. The van der Waals surface area contributed by atoms with E-state index in [1.54, 1.807) is 24.9 Å². The van der Waals surface area contributed by atoms with Gasteiger partial charge < -0.3 is 9.69 Å². The smallest absolute Gasteiger partial charge is 0.226 e. The highest BCUT2D eigenvalue weighted by atomic mass is 35.5. The summed E-state index contributed by atoms with van der Waals surface area (Å²) in [4.78, 5) is 28.9. The molecule has 0 fully saturated rings. The molecule has 0 saturated carbocycles. The molecule has 0 saturated heterocycles. The summed E-state index contributed by atoms with van der Waals surface area (Å²) in [6.45, 7) is 1.57. The average molecular weight is 315 g/mol. The van der Waals surface area contributed by atoms with Crippen molar-refractivity contribution in [1.82, 2.24) is 4.98 Å². The molecule has 0 aliphatic carbocycles. The lowest BCUT2D eigenvalue weighted by molar-refractivity contribution is -0.118. The molecule has 1 aliphatic rings. The van der Waals surface area contributed by atoms with Crippen LogP contribution in [0.5, 0.6) is 0 Å². The normalized spacial score (nSPS) is 18.7. The number of fused-ring (bicyclic) bond motifs is 1. The van der Waals surface area contributed by atoms with Crippen molar-refractivity contribution in [3.8, 4) is 0 Å². The fraction of sp³-hybridized carbons (Fsp3) is 0.500. The topological polar surface area (TPSA) is 50.3 Å². The lowest BCUT2D eigenvalue weighted by Gasteiger charge is -2.21. The molecule has 1 aliphatic heterocycles. The van der Waals surface area contributed by atoms with Gasteiger partial charge in [-0.05, 0) is 31.7 Å². The van der Waals surface area contributed by atoms with Gasteiger partial charge >= 0.3 is 0 Å².